The fraction of sp³-hybridized carbons (Fsp3) is 0.250. The number of amides is 1. The lowest BCUT2D eigenvalue weighted by Crippen LogP contribution is -2.33. The van der Waals surface area contributed by atoms with E-state index in [1.807, 2.05) is 29.8 Å². The highest BCUT2D eigenvalue weighted by molar-refractivity contribution is 7.09. The summed E-state index contributed by atoms with van der Waals surface area (Å²) in [7, 11) is 0. The molecule has 0 radical (unpaired) electrons. The van der Waals surface area contributed by atoms with Crippen molar-refractivity contribution in [3.05, 3.63) is 44.8 Å². The van der Waals surface area contributed by atoms with Gasteiger partial charge in [-0.1, -0.05) is 6.07 Å². The maximum atomic E-state index is 11.7. The van der Waals surface area contributed by atoms with E-state index in [1.165, 1.54) is 4.88 Å². The van der Waals surface area contributed by atoms with Gasteiger partial charge in [-0.2, -0.15) is 11.3 Å². The van der Waals surface area contributed by atoms with Gasteiger partial charge in [0, 0.05) is 28.3 Å². The molecule has 0 fully saturated rings. The van der Waals surface area contributed by atoms with Gasteiger partial charge in [0.25, 0.3) is 5.91 Å². The average Bonchev–Trinajstić information content (AvgIpc) is 2.88. The van der Waals surface area contributed by atoms with Crippen LogP contribution in [0, 0.1) is 0 Å². The van der Waals surface area contributed by atoms with E-state index in [1.54, 1.807) is 22.7 Å². The largest absolute Gasteiger partial charge is 0.349 e. The summed E-state index contributed by atoms with van der Waals surface area (Å²) in [6, 6.07) is 6.15. The third-order valence-corrected chi connectivity index (χ3v) is 3.83. The van der Waals surface area contributed by atoms with Crippen molar-refractivity contribution in [2.75, 3.05) is 0 Å². The number of carbonyl (C=O) groups is 1. The molecule has 4 heteroatoms. The minimum atomic E-state index is 0.0188. The Kier molecular flexibility index (Phi) is 3.74. The van der Waals surface area contributed by atoms with Crippen LogP contribution in [0.15, 0.2) is 34.3 Å². The standard InChI is InChI=1S/C12H13NOS2/c1-9(7-11-3-2-5-16-11)13-12(14)10-4-6-15-8-10/h2-6,8-9H,7H2,1H3,(H,13,14)/t9-/m0/s1. The summed E-state index contributed by atoms with van der Waals surface area (Å²) >= 11 is 3.27. The summed E-state index contributed by atoms with van der Waals surface area (Å²) < 4.78 is 0. The molecule has 0 saturated heterocycles. The molecule has 2 rings (SSSR count). The molecule has 2 nitrogen and oxygen atoms in total. The third-order valence-electron chi connectivity index (χ3n) is 2.25. The van der Waals surface area contributed by atoms with Gasteiger partial charge >= 0.3 is 0 Å². The van der Waals surface area contributed by atoms with Crippen molar-refractivity contribution in [1.29, 1.82) is 0 Å². The Morgan fingerprint density at radius 2 is 2.31 bits per heavy atom. The molecule has 84 valence electrons. The number of nitrogens with one attached hydrogen (secondary N) is 1. The lowest BCUT2D eigenvalue weighted by atomic mass is 10.2. The number of carbonyl (C=O) groups excluding carboxylic acids is 1. The molecule has 1 amide bonds. The molecule has 0 aliphatic heterocycles. The van der Waals surface area contributed by atoms with E-state index in [4.69, 9.17) is 0 Å². The molecule has 2 heterocycles. The van der Waals surface area contributed by atoms with Crippen LogP contribution >= 0.6 is 22.7 Å². The maximum absolute atomic E-state index is 11.7. The number of hydrogen-bond donors (Lipinski definition) is 1. The molecule has 2 aromatic heterocycles. The van der Waals surface area contributed by atoms with E-state index < -0.39 is 0 Å². The van der Waals surface area contributed by atoms with Crippen LogP contribution in [0.2, 0.25) is 0 Å². The van der Waals surface area contributed by atoms with Crippen molar-refractivity contribution in [3.8, 4) is 0 Å². The lowest BCUT2D eigenvalue weighted by molar-refractivity contribution is 0.0940. The Morgan fingerprint density at radius 3 is 2.94 bits per heavy atom. The number of thiophene rings is 2. The Morgan fingerprint density at radius 1 is 1.44 bits per heavy atom. The van der Waals surface area contributed by atoms with Crippen molar-refractivity contribution in [2.45, 2.75) is 19.4 Å². The summed E-state index contributed by atoms with van der Waals surface area (Å²) in [5.41, 5.74) is 0.753. The smallest absolute Gasteiger partial charge is 0.252 e. The first-order chi connectivity index (χ1) is 7.75. The quantitative estimate of drug-likeness (QED) is 0.888. The van der Waals surface area contributed by atoms with Crippen LogP contribution in [0.4, 0.5) is 0 Å². The predicted octanol–water partition coefficient (Wildman–Crippen LogP) is 3.17. The topological polar surface area (TPSA) is 29.1 Å². The maximum Gasteiger partial charge on any atom is 0.252 e. The van der Waals surface area contributed by atoms with E-state index in [0.717, 1.165) is 12.0 Å². The Hall–Kier alpha value is -1.13. The van der Waals surface area contributed by atoms with E-state index in [2.05, 4.69) is 16.8 Å². The van der Waals surface area contributed by atoms with Crippen molar-refractivity contribution in [3.63, 3.8) is 0 Å². The van der Waals surface area contributed by atoms with Gasteiger partial charge in [0.2, 0.25) is 0 Å². The van der Waals surface area contributed by atoms with Crippen LogP contribution in [0.25, 0.3) is 0 Å². The molecule has 16 heavy (non-hydrogen) atoms. The second-order valence-electron chi connectivity index (χ2n) is 3.67. The Balaban J connectivity index is 1.88. The second kappa shape index (κ2) is 5.27. The Bertz CT molecular complexity index is 434. The number of rotatable bonds is 4. The summed E-state index contributed by atoms with van der Waals surface area (Å²) in [5.74, 6) is 0.0188. The zero-order valence-corrected chi connectivity index (χ0v) is 10.6. The first-order valence-corrected chi connectivity index (χ1v) is 6.93. The zero-order valence-electron chi connectivity index (χ0n) is 8.97. The molecule has 0 spiro atoms. The van der Waals surface area contributed by atoms with Crippen LogP contribution in [0.5, 0.6) is 0 Å². The minimum Gasteiger partial charge on any atom is -0.349 e. The summed E-state index contributed by atoms with van der Waals surface area (Å²) in [5, 5.41) is 8.84. The highest BCUT2D eigenvalue weighted by Crippen LogP contribution is 2.12. The monoisotopic (exact) mass is 251 g/mol. The molecule has 1 N–H and O–H groups in total. The van der Waals surface area contributed by atoms with Gasteiger partial charge in [-0.15, -0.1) is 11.3 Å². The summed E-state index contributed by atoms with van der Waals surface area (Å²) in [6.07, 6.45) is 0.896. The third kappa shape index (κ3) is 2.93. The minimum absolute atomic E-state index is 0.0188. The molecule has 0 bridgehead atoms. The molecule has 1 atom stereocenters. The molecule has 0 aromatic carbocycles. The van der Waals surface area contributed by atoms with Crippen molar-refractivity contribution >= 4 is 28.6 Å². The second-order valence-corrected chi connectivity index (χ2v) is 5.48. The molecule has 0 unspecified atom stereocenters. The van der Waals surface area contributed by atoms with Crippen molar-refractivity contribution in [2.24, 2.45) is 0 Å². The highest BCUT2D eigenvalue weighted by atomic mass is 32.1. The molecule has 2 aromatic rings. The van der Waals surface area contributed by atoms with E-state index in [-0.39, 0.29) is 11.9 Å². The van der Waals surface area contributed by atoms with E-state index in [9.17, 15) is 4.79 Å². The van der Waals surface area contributed by atoms with Gasteiger partial charge in [0.1, 0.15) is 0 Å². The van der Waals surface area contributed by atoms with Crippen LogP contribution in [0.3, 0.4) is 0 Å². The lowest BCUT2D eigenvalue weighted by Gasteiger charge is -2.11. The first-order valence-electron chi connectivity index (χ1n) is 5.11. The number of hydrogen-bond acceptors (Lipinski definition) is 3. The van der Waals surface area contributed by atoms with Crippen LogP contribution in [-0.2, 0) is 6.42 Å². The first kappa shape index (κ1) is 11.4. The van der Waals surface area contributed by atoms with Gasteiger partial charge in [-0.25, -0.2) is 0 Å². The predicted molar refractivity (Wildman–Crippen MR) is 69.3 cm³/mol. The van der Waals surface area contributed by atoms with Gasteiger partial charge in [-0.05, 0) is 29.8 Å². The van der Waals surface area contributed by atoms with Crippen molar-refractivity contribution < 1.29 is 4.79 Å². The van der Waals surface area contributed by atoms with Gasteiger partial charge in [-0.3, -0.25) is 4.79 Å². The van der Waals surface area contributed by atoms with Gasteiger partial charge < -0.3 is 5.32 Å². The van der Waals surface area contributed by atoms with Crippen LogP contribution < -0.4 is 5.32 Å². The molecule has 0 saturated carbocycles. The highest BCUT2D eigenvalue weighted by Gasteiger charge is 2.10. The SMILES string of the molecule is C[C@@H](Cc1cccs1)NC(=O)c1ccsc1. The zero-order chi connectivity index (χ0) is 11.4. The molecular formula is C12H13NOS2. The van der Waals surface area contributed by atoms with Crippen LogP contribution in [-0.4, -0.2) is 11.9 Å². The fourth-order valence-corrected chi connectivity index (χ4v) is 2.95. The van der Waals surface area contributed by atoms with E-state index >= 15 is 0 Å². The molecule has 0 aliphatic carbocycles. The molecule has 0 aliphatic rings. The van der Waals surface area contributed by atoms with Crippen molar-refractivity contribution in [1.82, 2.24) is 5.32 Å². The summed E-state index contributed by atoms with van der Waals surface area (Å²) in [6.45, 7) is 2.03. The molecular weight excluding hydrogens is 238 g/mol. The average molecular weight is 251 g/mol. The van der Waals surface area contributed by atoms with Gasteiger partial charge in [0.05, 0.1) is 0 Å². The van der Waals surface area contributed by atoms with Gasteiger partial charge in [0.15, 0.2) is 0 Å². The summed E-state index contributed by atoms with van der Waals surface area (Å²) in [4.78, 5) is 13.0. The van der Waals surface area contributed by atoms with E-state index in [0.29, 0.717) is 0 Å². The normalized spacial score (nSPS) is 12.3. The fourth-order valence-electron chi connectivity index (χ4n) is 1.48. The van der Waals surface area contributed by atoms with Crippen LogP contribution in [0.1, 0.15) is 22.2 Å². The Labute approximate surface area is 103 Å².